The third kappa shape index (κ3) is 3.27. The Balaban J connectivity index is 1.96. The van der Waals surface area contributed by atoms with Crippen LogP contribution in [0.15, 0.2) is 18.3 Å². The quantitative estimate of drug-likeness (QED) is 0.850. The van der Waals surface area contributed by atoms with Crippen LogP contribution in [0.3, 0.4) is 0 Å². The van der Waals surface area contributed by atoms with Gasteiger partial charge in [-0.1, -0.05) is 12.5 Å². The van der Waals surface area contributed by atoms with E-state index in [-0.39, 0.29) is 0 Å². The maximum atomic E-state index is 11.2. The molecule has 2 rings (SSSR count). The maximum absolute atomic E-state index is 11.2. The number of pyridine rings is 1. The van der Waals surface area contributed by atoms with Crippen molar-refractivity contribution >= 4 is 5.91 Å². The summed E-state index contributed by atoms with van der Waals surface area (Å²) in [7, 11) is 0. The number of carbonyl (C=O) groups is 1. The van der Waals surface area contributed by atoms with E-state index in [9.17, 15) is 4.79 Å². The molecular formula is C13H19N3O. The summed E-state index contributed by atoms with van der Waals surface area (Å²) in [5.74, 6) is -0.431. The zero-order valence-electron chi connectivity index (χ0n) is 10.1. The van der Waals surface area contributed by atoms with Crippen molar-refractivity contribution in [1.29, 1.82) is 0 Å². The molecule has 1 saturated heterocycles. The molecule has 0 unspecified atom stereocenters. The molecule has 17 heavy (non-hydrogen) atoms. The number of likely N-dealkylation sites (tertiary alicyclic amines) is 1. The molecule has 1 aromatic heterocycles. The number of carbonyl (C=O) groups excluding carboxylic acids is 1. The summed E-state index contributed by atoms with van der Waals surface area (Å²) >= 11 is 0. The molecular weight excluding hydrogens is 214 g/mol. The van der Waals surface area contributed by atoms with Gasteiger partial charge in [0, 0.05) is 12.7 Å². The third-order valence-corrected chi connectivity index (χ3v) is 3.27. The van der Waals surface area contributed by atoms with E-state index < -0.39 is 5.91 Å². The van der Waals surface area contributed by atoms with Crippen LogP contribution in [0.25, 0.3) is 0 Å². The molecule has 1 amide bonds. The molecule has 1 aliphatic rings. The number of aromatic nitrogens is 1. The maximum Gasteiger partial charge on any atom is 0.267 e. The highest BCUT2D eigenvalue weighted by atomic mass is 16.1. The lowest BCUT2D eigenvalue weighted by molar-refractivity contribution is 0.0994. The Labute approximate surface area is 102 Å². The molecule has 0 bridgehead atoms. The van der Waals surface area contributed by atoms with Gasteiger partial charge < -0.3 is 10.6 Å². The number of primary amides is 1. The molecule has 92 valence electrons. The lowest BCUT2D eigenvalue weighted by atomic mass is 10.1. The van der Waals surface area contributed by atoms with E-state index in [4.69, 9.17) is 5.73 Å². The second-order valence-electron chi connectivity index (χ2n) is 4.53. The molecule has 2 heterocycles. The zero-order chi connectivity index (χ0) is 12.1. The predicted octanol–water partition coefficient (Wildman–Crippen LogP) is 1.21. The number of hydrogen-bond acceptors (Lipinski definition) is 3. The van der Waals surface area contributed by atoms with Crippen molar-refractivity contribution in [1.82, 2.24) is 9.88 Å². The molecule has 4 nitrogen and oxygen atoms in total. The van der Waals surface area contributed by atoms with E-state index in [1.54, 1.807) is 6.20 Å². The van der Waals surface area contributed by atoms with Crippen LogP contribution in [0, 0.1) is 0 Å². The van der Waals surface area contributed by atoms with Gasteiger partial charge in [-0.05, 0) is 44.0 Å². The smallest absolute Gasteiger partial charge is 0.267 e. The minimum Gasteiger partial charge on any atom is -0.364 e. The number of hydrogen-bond donors (Lipinski definition) is 1. The summed E-state index contributed by atoms with van der Waals surface area (Å²) in [6.45, 7) is 3.34. The zero-order valence-corrected chi connectivity index (χ0v) is 10.1. The van der Waals surface area contributed by atoms with E-state index in [0.717, 1.165) is 18.5 Å². The number of nitrogens with zero attached hydrogens (tertiary/aromatic N) is 2. The fraction of sp³-hybridized carbons (Fsp3) is 0.538. The van der Waals surface area contributed by atoms with Gasteiger partial charge >= 0.3 is 0 Å². The predicted molar refractivity (Wildman–Crippen MR) is 66.7 cm³/mol. The third-order valence-electron chi connectivity index (χ3n) is 3.27. The fourth-order valence-electron chi connectivity index (χ4n) is 2.32. The van der Waals surface area contributed by atoms with Crippen molar-refractivity contribution in [3.63, 3.8) is 0 Å². The van der Waals surface area contributed by atoms with E-state index in [1.807, 2.05) is 12.1 Å². The highest BCUT2D eigenvalue weighted by Crippen LogP contribution is 2.11. The molecule has 0 aliphatic carbocycles. The Morgan fingerprint density at radius 1 is 1.35 bits per heavy atom. The molecule has 0 atom stereocenters. The van der Waals surface area contributed by atoms with E-state index in [1.165, 1.54) is 32.4 Å². The molecule has 0 aromatic carbocycles. The first-order chi connectivity index (χ1) is 8.27. The largest absolute Gasteiger partial charge is 0.364 e. The molecule has 0 saturated carbocycles. The molecule has 0 radical (unpaired) electrons. The highest BCUT2D eigenvalue weighted by molar-refractivity contribution is 5.92. The summed E-state index contributed by atoms with van der Waals surface area (Å²) in [6, 6.07) is 3.80. The van der Waals surface area contributed by atoms with Crippen molar-refractivity contribution in [3.05, 3.63) is 29.6 Å². The van der Waals surface area contributed by atoms with Gasteiger partial charge in [-0.2, -0.15) is 0 Å². The Bertz CT molecular complexity index is 386. The second kappa shape index (κ2) is 5.77. The first-order valence-corrected chi connectivity index (χ1v) is 6.23. The molecule has 4 heteroatoms. The molecule has 1 aromatic rings. The average molecular weight is 233 g/mol. The topological polar surface area (TPSA) is 59.2 Å². The van der Waals surface area contributed by atoms with Crippen molar-refractivity contribution < 1.29 is 4.79 Å². The van der Waals surface area contributed by atoms with Gasteiger partial charge in [0.05, 0.1) is 0 Å². The van der Waals surface area contributed by atoms with Gasteiger partial charge in [-0.25, -0.2) is 0 Å². The van der Waals surface area contributed by atoms with E-state index >= 15 is 0 Å². The highest BCUT2D eigenvalue weighted by Gasteiger charge is 2.13. The van der Waals surface area contributed by atoms with E-state index in [2.05, 4.69) is 9.88 Å². The lowest BCUT2D eigenvalue weighted by Gasteiger charge is -2.26. The summed E-state index contributed by atoms with van der Waals surface area (Å²) in [5.41, 5.74) is 6.69. The van der Waals surface area contributed by atoms with Gasteiger partial charge in [0.1, 0.15) is 5.69 Å². The molecule has 1 aliphatic heterocycles. The van der Waals surface area contributed by atoms with Crippen LogP contribution in [0.2, 0.25) is 0 Å². The van der Waals surface area contributed by atoms with Crippen LogP contribution < -0.4 is 5.73 Å². The summed E-state index contributed by atoms with van der Waals surface area (Å²) < 4.78 is 0. The SMILES string of the molecule is NC(=O)c1ncccc1CCN1CCCCC1. The normalized spacial score (nSPS) is 16.9. The molecule has 1 fully saturated rings. The Kier molecular flexibility index (Phi) is 4.09. The molecule has 2 N–H and O–H groups in total. The fourth-order valence-corrected chi connectivity index (χ4v) is 2.32. The summed E-state index contributed by atoms with van der Waals surface area (Å²) in [6.07, 6.45) is 6.39. The van der Waals surface area contributed by atoms with E-state index in [0.29, 0.717) is 5.69 Å². The standard InChI is InChI=1S/C13H19N3O/c14-13(17)12-11(5-4-7-15-12)6-10-16-8-2-1-3-9-16/h4-5,7H,1-3,6,8-10H2,(H2,14,17). The summed E-state index contributed by atoms with van der Waals surface area (Å²) in [4.78, 5) is 17.7. The van der Waals surface area contributed by atoms with Crippen LogP contribution in [-0.2, 0) is 6.42 Å². The minimum absolute atomic E-state index is 0.421. The van der Waals surface area contributed by atoms with Crippen molar-refractivity contribution in [3.8, 4) is 0 Å². The number of nitrogens with two attached hydrogens (primary N) is 1. The van der Waals surface area contributed by atoms with Crippen LogP contribution >= 0.6 is 0 Å². The van der Waals surface area contributed by atoms with Gasteiger partial charge in [0.2, 0.25) is 0 Å². The van der Waals surface area contributed by atoms with Crippen molar-refractivity contribution in [2.24, 2.45) is 5.73 Å². The Morgan fingerprint density at radius 2 is 2.12 bits per heavy atom. The van der Waals surface area contributed by atoms with Gasteiger partial charge in [-0.15, -0.1) is 0 Å². The van der Waals surface area contributed by atoms with Crippen LogP contribution in [0.5, 0.6) is 0 Å². The summed E-state index contributed by atoms with van der Waals surface area (Å²) in [5, 5.41) is 0. The van der Waals surface area contributed by atoms with Crippen molar-refractivity contribution in [2.75, 3.05) is 19.6 Å². The monoisotopic (exact) mass is 233 g/mol. The van der Waals surface area contributed by atoms with Crippen LogP contribution in [-0.4, -0.2) is 35.4 Å². The number of piperidine rings is 1. The first-order valence-electron chi connectivity index (χ1n) is 6.23. The number of amides is 1. The minimum atomic E-state index is -0.431. The Morgan fingerprint density at radius 3 is 2.82 bits per heavy atom. The van der Waals surface area contributed by atoms with Gasteiger partial charge in [0.15, 0.2) is 0 Å². The lowest BCUT2D eigenvalue weighted by Crippen LogP contribution is -2.32. The van der Waals surface area contributed by atoms with Gasteiger partial charge in [0.25, 0.3) is 5.91 Å². The van der Waals surface area contributed by atoms with Gasteiger partial charge in [-0.3, -0.25) is 9.78 Å². The Hall–Kier alpha value is -1.42. The second-order valence-corrected chi connectivity index (χ2v) is 4.53. The van der Waals surface area contributed by atoms with Crippen LogP contribution in [0.1, 0.15) is 35.3 Å². The average Bonchev–Trinajstić information content (AvgIpc) is 2.38. The van der Waals surface area contributed by atoms with Crippen molar-refractivity contribution in [2.45, 2.75) is 25.7 Å². The first kappa shape index (κ1) is 12.0. The van der Waals surface area contributed by atoms with Crippen LogP contribution in [0.4, 0.5) is 0 Å². The molecule has 0 spiro atoms. The number of rotatable bonds is 4.